The van der Waals surface area contributed by atoms with E-state index in [0.717, 1.165) is 24.2 Å². The van der Waals surface area contributed by atoms with E-state index in [1.54, 1.807) is 0 Å². The van der Waals surface area contributed by atoms with Crippen molar-refractivity contribution in [2.45, 2.75) is 26.7 Å². The molecule has 0 bridgehead atoms. The molecule has 4 heteroatoms. The van der Waals surface area contributed by atoms with Crippen molar-refractivity contribution >= 4 is 16.6 Å². The van der Waals surface area contributed by atoms with Crippen LogP contribution in [-0.4, -0.2) is 9.55 Å². The van der Waals surface area contributed by atoms with Gasteiger partial charge in [0.05, 0.1) is 7.05 Å². The third kappa shape index (κ3) is 1.44. The molecule has 0 saturated carbocycles. The van der Waals surface area contributed by atoms with E-state index in [1.807, 2.05) is 6.07 Å². The number of hydrogen-bond acceptors (Lipinski definition) is 1. The number of aromatic nitrogens is 3. The number of fused-ring (bicyclic) bond motifs is 7. The number of hydrogen-bond donors (Lipinski definition) is 0. The van der Waals surface area contributed by atoms with Crippen molar-refractivity contribution < 1.29 is 4.57 Å². The molecule has 3 nitrogen and oxygen atoms in total. The van der Waals surface area contributed by atoms with E-state index in [2.05, 4.69) is 54.4 Å². The first-order chi connectivity index (χ1) is 10.6. The molecule has 0 amide bonds. The zero-order chi connectivity index (χ0) is 15.0. The van der Waals surface area contributed by atoms with Crippen molar-refractivity contribution in [1.29, 1.82) is 0 Å². The van der Waals surface area contributed by atoms with Crippen LogP contribution in [0.4, 0.5) is 0 Å². The van der Waals surface area contributed by atoms with Gasteiger partial charge in [-0.15, -0.1) is 6.07 Å². The largest absolute Gasteiger partial charge is 0.343 e. The normalized spacial score (nSPS) is 14.7. The topological polar surface area (TPSA) is 21.7 Å². The SMILES string of the molecule is CC1=C(C)c2c(ccc3nc4n(c23)-c2c(cc[c-][n+]2C)C4)C1.[Bk]. The number of rotatable bonds is 0. The third-order valence-electron chi connectivity index (χ3n) is 5.16. The molecule has 0 N–H and O–H groups in total. The standard InChI is InChI=1S/C19H17N3.Bk/c1-11-9-13-6-7-15-18(17(13)12(11)2)22-16(20-15)10-14-5-4-8-21(3)19(14)22;/h4-7H,9-10H2,1-3H3;. The zero-order valence-corrected chi connectivity index (χ0v) is 16.2. The van der Waals surface area contributed by atoms with Crippen LogP contribution >= 0.6 is 0 Å². The van der Waals surface area contributed by atoms with Crippen LogP contribution in [0.5, 0.6) is 0 Å². The summed E-state index contributed by atoms with van der Waals surface area (Å²) in [5.41, 5.74) is 9.43. The van der Waals surface area contributed by atoms with Crippen LogP contribution in [-0.2, 0) is 19.9 Å². The molecule has 1 aliphatic heterocycles. The quantitative estimate of drug-likeness (QED) is 0.251. The summed E-state index contributed by atoms with van der Waals surface area (Å²) < 4.78 is 4.44. The van der Waals surface area contributed by atoms with Crippen molar-refractivity contribution in [1.82, 2.24) is 9.55 Å². The van der Waals surface area contributed by atoms with Crippen molar-refractivity contribution in [3.8, 4) is 5.82 Å². The fraction of sp³-hybridized carbons (Fsp3) is 0.263. The van der Waals surface area contributed by atoms with Gasteiger partial charge in [-0.25, -0.2) is 9.55 Å². The molecule has 0 saturated heterocycles. The fourth-order valence-electron chi connectivity index (χ4n) is 4.00. The maximum absolute atomic E-state index is 4.90. The van der Waals surface area contributed by atoms with Gasteiger partial charge in [-0.05, 0) is 37.5 Å². The maximum Gasteiger partial charge on any atom is 0.193 e. The Hall–Kier alpha value is -3.42. The van der Waals surface area contributed by atoms with Crippen LogP contribution < -0.4 is 4.57 Å². The Balaban J connectivity index is 0.00000135. The summed E-state index contributed by atoms with van der Waals surface area (Å²) in [6.45, 7) is 4.48. The molecule has 1 radical (unpaired) electrons. The first kappa shape index (κ1) is 13.3. The summed E-state index contributed by atoms with van der Waals surface area (Å²) >= 11 is 0. The van der Waals surface area contributed by atoms with Gasteiger partial charge < -0.3 is 4.57 Å². The van der Waals surface area contributed by atoms with Crippen LogP contribution in [0.25, 0.3) is 22.4 Å². The molecule has 5 rings (SSSR count). The number of allylic oxidation sites excluding steroid dienone is 2. The summed E-state index contributed by atoms with van der Waals surface area (Å²) in [5.74, 6) is 2.36. The average molecular weight is 534 g/mol. The summed E-state index contributed by atoms with van der Waals surface area (Å²) in [7, 11) is 2.07. The van der Waals surface area contributed by atoms with E-state index in [0.29, 0.717) is 0 Å². The number of pyridine rings is 1. The van der Waals surface area contributed by atoms with Gasteiger partial charge in [0.25, 0.3) is 0 Å². The molecule has 0 fully saturated rings. The van der Waals surface area contributed by atoms with E-state index in [4.69, 9.17) is 4.98 Å². The van der Waals surface area contributed by atoms with Crippen molar-refractivity contribution in [3.05, 3.63) is 58.6 Å². The Morgan fingerprint density at radius 1 is 1.13 bits per heavy atom. The molecule has 1 aromatic carbocycles. The molecular formula is C19H17BkN3. The minimum absolute atomic E-state index is 0. The molecule has 3 heterocycles. The van der Waals surface area contributed by atoms with Gasteiger partial charge in [0.2, 0.25) is 0 Å². The van der Waals surface area contributed by atoms with Gasteiger partial charge in [-0.1, -0.05) is 17.2 Å². The fourth-order valence-corrected chi connectivity index (χ4v) is 4.00. The smallest absolute Gasteiger partial charge is 0.193 e. The van der Waals surface area contributed by atoms with E-state index in [1.165, 1.54) is 39.2 Å². The van der Waals surface area contributed by atoms with E-state index < -0.39 is 0 Å². The van der Waals surface area contributed by atoms with Crippen LogP contribution in [0.1, 0.15) is 36.4 Å². The molecule has 1 aliphatic carbocycles. The summed E-state index contributed by atoms with van der Waals surface area (Å²) in [6, 6.07) is 8.58. The van der Waals surface area contributed by atoms with E-state index in [9.17, 15) is 0 Å². The molecule has 23 heavy (non-hydrogen) atoms. The van der Waals surface area contributed by atoms with Crippen LogP contribution in [0.2, 0.25) is 0 Å². The van der Waals surface area contributed by atoms with Gasteiger partial charge in [0.15, 0.2) is 17.2 Å². The molecule has 0 atom stereocenters. The second-order valence-corrected chi connectivity index (χ2v) is 6.46. The van der Waals surface area contributed by atoms with Gasteiger partial charge in [0, 0.05) is 18.2 Å². The van der Waals surface area contributed by atoms with Gasteiger partial charge in [0.1, 0.15) is 5.52 Å². The molecular weight excluding hydrogens is 517 g/mol. The van der Waals surface area contributed by atoms with Crippen molar-refractivity contribution in [3.63, 3.8) is 0 Å². The number of imidazole rings is 1. The number of benzene rings is 1. The number of aryl methyl sites for hydroxylation is 1. The van der Waals surface area contributed by atoms with Gasteiger partial charge in [-0.2, -0.15) is 6.07 Å². The molecule has 0 unspecified atom stereocenters. The van der Waals surface area contributed by atoms with Crippen molar-refractivity contribution in [2.24, 2.45) is 7.05 Å². The third-order valence-corrected chi connectivity index (χ3v) is 5.16. The predicted octanol–water partition coefficient (Wildman–Crippen LogP) is 2.90. The minimum Gasteiger partial charge on any atom is -0.343 e. The second-order valence-electron chi connectivity index (χ2n) is 6.46. The molecule has 2 aliphatic rings. The Labute approximate surface area is 129 Å². The molecule has 3 aromatic rings. The number of nitrogens with zero attached hydrogens (tertiary/aromatic N) is 3. The predicted molar refractivity (Wildman–Crippen MR) is 85.9 cm³/mol. The minimum atomic E-state index is 0. The first-order valence-electron chi connectivity index (χ1n) is 7.75. The zero-order valence-electron chi connectivity index (χ0n) is 13.4. The summed E-state index contributed by atoms with van der Waals surface area (Å²) in [4.78, 5) is 4.90. The Morgan fingerprint density at radius 3 is 2.78 bits per heavy atom. The average Bonchev–Trinajstić information content (AvgIpc) is 3.10. The monoisotopic (exact) mass is 534 g/mol. The van der Waals surface area contributed by atoms with Crippen molar-refractivity contribution in [2.75, 3.05) is 0 Å². The van der Waals surface area contributed by atoms with Gasteiger partial charge in [-0.3, -0.25) is 0 Å². The first-order valence-corrected chi connectivity index (χ1v) is 7.75. The molecule has 2 aromatic heterocycles. The van der Waals surface area contributed by atoms with Crippen LogP contribution in [0.15, 0.2) is 29.8 Å². The molecule has 0 spiro atoms. The Kier molecular flexibility index (Phi) is 2.34. The van der Waals surface area contributed by atoms with Gasteiger partial charge >= 0.3 is 0 Å². The van der Waals surface area contributed by atoms with Crippen LogP contribution in [0.3, 0.4) is 0 Å². The van der Waals surface area contributed by atoms with Crippen LogP contribution in [0, 0.1) is 6.20 Å². The van der Waals surface area contributed by atoms with E-state index >= 15 is 0 Å². The Bertz CT molecular complexity index is 1010. The summed E-state index contributed by atoms with van der Waals surface area (Å²) in [5, 5.41) is 0. The molecule has 117 valence electrons. The summed E-state index contributed by atoms with van der Waals surface area (Å²) in [6.07, 6.45) is 5.24. The maximum atomic E-state index is 4.90. The van der Waals surface area contributed by atoms with E-state index in [-0.39, 0.29) is 0 Å². The second kappa shape index (κ2) is 4.07. The Morgan fingerprint density at radius 2 is 1.96 bits per heavy atom.